The fourth-order valence-electron chi connectivity index (χ4n) is 3.85. The average molecular weight is 338 g/mol. The maximum Gasteiger partial charge on any atom is 0.234 e. The monoisotopic (exact) mass is 338 g/mol. The summed E-state index contributed by atoms with van der Waals surface area (Å²) in [6.45, 7) is 6.97. The molecule has 138 valence electrons. The van der Waals surface area contributed by atoms with Gasteiger partial charge in [0.25, 0.3) is 0 Å². The Balaban J connectivity index is 1.72. The first-order valence-corrected chi connectivity index (χ1v) is 9.50. The first-order valence-electron chi connectivity index (χ1n) is 9.50. The van der Waals surface area contributed by atoms with Gasteiger partial charge in [-0.3, -0.25) is 14.5 Å². The molecule has 0 aromatic heterocycles. The third kappa shape index (κ3) is 5.45. The molecule has 1 saturated carbocycles. The molecule has 1 aliphatic heterocycles. The van der Waals surface area contributed by atoms with Crippen LogP contribution in [-0.2, 0) is 9.59 Å². The van der Waals surface area contributed by atoms with Gasteiger partial charge in [0, 0.05) is 31.2 Å². The van der Waals surface area contributed by atoms with Crippen molar-refractivity contribution in [2.75, 3.05) is 26.2 Å². The predicted molar refractivity (Wildman–Crippen MR) is 95.5 cm³/mol. The maximum absolute atomic E-state index is 12.6. The number of likely N-dealkylation sites (tertiary alicyclic amines) is 1. The fourth-order valence-corrected chi connectivity index (χ4v) is 3.85. The van der Waals surface area contributed by atoms with Crippen LogP contribution in [-0.4, -0.2) is 54.5 Å². The number of amides is 2. The molecular weight excluding hydrogens is 304 g/mol. The molecule has 0 aromatic carbocycles. The standard InChI is InChI=1S/C18H34N4O2/c1-3-10-20-16(23)13-22-11-7-14(8-12-22)21-17(24)15-6-4-5-9-18(15,2)19/h14-15H,3-13,19H2,1-2H3,(H,20,23)(H,21,24). The van der Waals surface area contributed by atoms with E-state index in [4.69, 9.17) is 5.73 Å². The lowest BCUT2D eigenvalue weighted by molar-refractivity contribution is -0.129. The minimum absolute atomic E-state index is 0.0656. The third-order valence-electron chi connectivity index (χ3n) is 5.44. The second kappa shape index (κ2) is 8.81. The smallest absolute Gasteiger partial charge is 0.234 e. The lowest BCUT2D eigenvalue weighted by atomic mass is 9.74. The van der Waals surface area contributed by atoms with Crippen LogP contribution in [0.15, 0.2) is 0 Å². The number of rotatable bonds is 6. The van der Waals surface area contributed by atoms with E-state index in [1.807, 2.05) is 13.8 Å². The summed E-state index contributed by atoms with van der Waals surface area (Å²) in [6.07, 6.45) is 6.81. The van der Waals surface area contributed by atoms with E-state index in [1.165, 1.54) is 0 Å². The summed E-state index contributed by atoms with van der Waals surface area (Å²) in [5, 5.41) is 6.12. The molecule has 0 radical (unpaired) electrons. The van der Waals surface area contributed by atoms with E-state index in [2.05, 4.69) is 15.5 Å². The topological polar surface area (TPSA) is 87.5 Å². The Morgan fingerprint density at radius 2 is 1.92 bits per heavy atom. The molecule has 2 atom stereocenters. The van der Waals surface area contributed by atoms with Gasteiger partial charge in [-0.15, -0.1) is 0 Å². The zero-order chi connectivity index (χ0) is 17.6. The highest BCUT2D eigenvalue weighted by Gasteiger charge is 2.38. The molecule has 6 nitrogen and oxygen atoms in total. The number of carbonyl (C=O) groups is 2. The summed E-state index contributed by atoms with van der Waals surface area (Å²) in [4.78, 5) is 26.5. The van der Waals surface area contributed by atoms with Crippen LogP contribution in [0.2, 0.25) is 0 Å². The van der Waals surface area contributed by atoms with Gasteiger partial charge in [0.15, 0.2) is 0 Å². The molecule has 24 heavy (non-hydrogen) atoms. The molecular formula is C18H34N4O2. The molecule has 4 N–H and O–H groups in total. The van der Waals surface area contributed by atoms with Crippen molar-refractivity contribution in [1.29, 1.82) is 0 Å². The summed E-state index contributed by atoms with van der Waals surface area (Å²) in [5.74, 6) is 0.156. The van der Waals surface area contributed by atoms with Crippen molar-refractivity contribution in [2.24, 2.45) is 11.7 Å². The van der Waals surface area contributed by atoms with E-state index in [9.17, 15) is 9.59 Å². The summed E-state index contributed by atoms with van der Waals surface area (Å²) in [5.41, 5.74) is 5.96. The van der Waals surface area contributed by atoms with Gasteiger partial charge in [-0.25, -0.2) is 0 Å². The highest BCUT2D eigenvalue weighted by molar-refractivity contribution is 5.80. The van der Waals surface area contributed by atoms with E-state index >= 15 is 0 Å². The van der Waals surface area contributed by atoms with Gasteiger partial charge < -0.3 is 16.4 Å². The first kappa shape index (κ1) is 19.2. The molecule has 0 bridgehead atoms. The van der Waals surface area contributed by atoms with Crippen LogP contribution >= 0.6 is 0 Å². The van der Waals surface area contributed by atoms with Crippen LogP contribution in [0, 0.1) is 5.92 Å². The van der Waals surface area contributed by atoms with Gasteiger partial charge in [-0.2, -0.15) is 0 Å². The molecule has 6 heteroatoms. The maximum atomic E-state index is 12.6. The van der Waals surface area contributed by atoms with Gasteiger partial charge in [-0.1, -0.05) is 19.8 Å². The Morgan fingerprint density at radius 3 is 2.54 bits per heavy atom. The van der Waals surface area contributed by atoms with Crippen LogP contribution in [0.3, 0.4) is 0 Å². The molecule has 2 aliphatic rings. The molecule has 2 amide bonds. The molecule has 0 aromatic rings. The number of hydrogen-bond acceptors (Lipinski definition) is 4. The van der Waals surface area contributed by atoms with Crippen molar-refractivity contribution in [3.8, 4) is 0 Å². The van der Waals surface area contributed by atoms with Crippen molar-refractivity contribution < 1.29 is 9.59 Å². The molecule has 1 aliphatic carbocycles. The van der Waals surface area contributed by atoms with Gasteiger partial charge >= 0.3 is 0 Å². The predicted octanol–water partition coefficient (Wildman–Crippen LogP) is 1.00. The van der Waals surface area contributed by atoms with Crippen LogP contribution in [0.5, 0.6) is 0 Å². The Morgan fingerprint density at radius 1 is 1.21 bits per heavy atom. The Kier molecular flexibility index (Phi) is 7.04. The number of hydrogen-bond donors (Lipinski definition) is 3. The third-order valence-corrected chi connectivity index (χ3v) is 5.44. The van der Waals surface area contributed by atoms with E-state index in [-0.39, 0.29) is 29.3 Å². The number of piperidine rings is 1. The Bertz CT molecular complexity index is 431. The van der Waals surface area contributed by atoms with Crippen LogP contribution in [0.1, 0.15) is 58.8 Å². The van der Waals surface area contributed by atoms with Crippen molar-refractivity contribution in [2.45, 2.75) is 70.4 Å². The average Bonchev–Trinajstić information content (AvgIpc) is 2.54. The first-order chi connectivity index (χ1) is 11.4. The lowest BCUT2D eigenvalue weighted by Crippen LogP contribution is -2.55. The molecule has 1 saturated heterocycles. The second-order valence-electron chi connectivity index (χ2n) is 7.71. The zero-order valence-electron chi connectivity index (χ0n) is 15.3. The SMILES string of the molecule is CCCNC(=O)CN1CCC(NC(=O)C2CCCCC2(C)N)CC1. The summed E-state index contributed by atoms with van der Waals surface area (Å²) < 4.78 is 0. The minimum atomic E-state index is -0.375. The largest absolute Gasteiger partial charge is 0.355 e. The summed E-state index contributed by atoms with van der Waals surface area (Å²) >= 11 is 0. The second-order valence-corrected chi connectivity index (χ2v) is 7.71. The fraction of sp³-hybridized carbons (Fsp3) is 0.889. The molecule has 2 unspecified atom stereocenters. The van der Waals surface area contributed by atoms with Gasteiger partial charge in [0.1, 0.15) is 0 Å². The van der Waals surface area contributed by atoms with E-state index in [1.54, 1.807) is 0 Å². The number of nitrogens with one attached hydrogen (secondary N) is 2. The minimum Gasteiger partial charge on any atom is -0.355 e. The normalized spacial score (nSPS) is 29.2. The molecule has 2 fully saturated rings. The zero-order valence-corrected chi connectivity index (χ0v) is 15.3. The van der Waals surface area contributed by atoms with E-state index < -0.39 is 0 Å². The molecule has 1 heterocycles. The van der Waals surface area contributed by atoms with Crippen LogP contribution in [0.25, 0.3) is 0 Å². The quantitative estimate of drug-likeness (QED) is 0.674. The van der Waals surface area contributed by atoms with Gasteiger partial charge in [0.2, 0.25) is 11.8 Å². The van der Waals surface area contributed by atoms with E-state index in [0.29, 0.717) is 6.54 Å². The van der Waals surface area contributed by atoms with Gasteiger partial charge in [0.05, 0.1) is 12.5 Å². The number of carbonyl (C=O) groups excluding carboxylic acids is 2. The van der Waals surface area contributed by atoms with Crippen molar-refractivity contribution in [3.05, 3.63) is 0 Å². The number of nitrogens with zero attached hydrogens (tertiary/aromatic N) is 1. The van der Waals surface area contributed by atoms with Crippen LogP contribution in [0.4, 0.5) is 0 Å². The molecule has 2 rings (SSSR count). The van der Waals surface area contributed by atoms with Crippen molar-refractivity contribution >= 4 is 11.8 Å². The van der Waals surface area contributed by atoms with Crippen LogP contribution < -0.4 is 16.4 Å². The Labute approximate surface area is 145 Å². The van der Waals surface area contributed by atoms with E-state index in [0.717, 1.165) is 64.6 Å². The van der Waals surface area contributed by atoms with Gasteiger partial charge in [-0.05, 0) is 39.0 Å². The Hall–Kier alpha value is -1.14. The number of nitrogens with two attached hydrogens (primary N) is 1. The summed E-state index contributed by atoms with van der Waals surface area (Å²) in [7, 11) is 0. The highest BCUT2D eigenvalue weighted by atomic mass is 16.2. The van der Waals surface area contributed by atoms with Crippen molar-refractivity contribution in [1.82, 2.24) is 15.5 Å². The molecule has 0 spiro atoms. The summed E-state index contributed by atoms with van der Waals surface area (Å²) in [6, 6.07) is 0.213. The van der Waals surface area contributed by atoms with Crippen molar-refractivity contribution in [3.63, 3.8) is 0 Å². The highest BCUT2D eigenvalue weighted by Crippen LogP contribution is 2.31. The lowest BCUT2D eigenvalue weighted by Gasteiger charge is -2.39.